The molecular weight excluding hydrogens is 420 g/mol. The summed E-state index contributed by atoms with van der Waals surface area (Å²) >= 11 is 0. The van der Waals surface area contributed by atoms with Gasteiger partial charge < -0.3 is 9.84 Å². The highest BCUT2D eigenvalue weighted by atomic mass is 16.5. The summed E-state index contributed by atoms with van der Waals surface area (Å²) < 4.78 is 6.19. The molecule has 0 spiro atoms. The number of carbonyl (C=O) groups is 1. The van der Waals surface area contributed by atoms with Crippen LogP contribution in [0.3, 0.4) is 0 Å². The highest BCUT2D eigenvalue weighted by Crippen LogP contribution is 2.63. The average Bonchev–Trinajstić information content (AvgIpc) is 3.08. The monoisotopic (exact) mass is 460 g/mol. The third-order valence-electron chi connectivity index (χ3n) is 9.37. The highest BCUT2D eigenvalue weighted by Gasteiger charge is 2.59. The van der Waals surface area contributed by atoms with E-state index in [1.54, 1.807) is 0 Å². The zero-order valence-electron chi connectivity index (χ0n) is 20.8. The molecule has 0 heterocycles. The van der Waals surface area contributed by atoms with Crippen LogP contribution in [0.5, 0.6) is 5.75 Å². The fourth-order valence-corrected chi connectivity index (χ4v) is 7.82. The number of ketones is 1. The number of benzene rings is 2. The quantitative estimate of drug-likeness (QED) is 0.445. The Bertz CT molecular complexity index is 999. The molecule has 6 atom stereocenters. The second-order valence-electron chi connectivity index (χ2n) is 11.4. The second kappa shape index (κ2) is 9.85. The van der Waals surface area contributed by atoms with Crippen molar-refractivity contribution in [3.05, 3.63) is 65.2 Å². The van der Waals surface area contributed by atoms with Crippen molar-refractivity contribution in [3.8, 4) is 5.75 Å². The summed E-state index contributed by atoms with van der Waals surface area (Å²) in [5.74, 6) is 4.23. The summed E-state index contributed by atoms with van der Waals surface area (Å²) in [6, 6.07) is 17.1. The molecule has 0 bridgehead atoms. The third kappa shape index (κ3) is 4.33. The SMILES string of the molecule is C[C@@H]1CC(=O)[C@@]2(C)CC[C@@H]3c4ccc(OCc5ccccc5)cc4C[C@@H](CCCCCO)[C@H]3[C@H]12. The van der Waals surface area contributed by atoms with Gasteiger partial charge >= 0.3 is 0 Å². The molecule has 2 aromatic rings. The number of aliphatic hydroxyl groups is 1. The van der Waals surface area contributed by atoms with Crippen molar-refractivity contribution in [2.24, 2.45) is 29.1 Å². The number of rotatable bonds is 8. The standard InChI is InChI=1S/C31H40O3/c1-21-17-28(33)31(2)15-14-27-26-13-12-25(34-20-22-9-5-3-6-10-22)19-24(26)18-23(29(27)30(21)31)11-7-4-8-16-32/h3,5-6,9-10,12-13,19,21,23,27,29-30,32H,4,7-8,11,14-18,20H2,1-2H3/t21-,23-,27-,29-,30+,31-/m1/s1. The van der Waals surface area contributed by atoms with Gasteiger partial charge in [0.25, 0.3) is 0 Å². The molecule has 3 aliphatic rings. The van der Waals surface area contributed by atoms with E-state index in [0.29, 0.717) is 42.0 Å². The summed E-state index contributed by atoms with van der Waals surface area (Å²) in [7, 11) is 0. The molecule has 0 amide bonds. The molecule has 3 heteroatoms. The van der Waals surface area contributed by atoms with Gasteiger partial charge in [0, 0.05) is 18.4 Å². The van der Waals surface area contributed by atoms with Crippen molar-refractivity contribution < 1.29 is 14.6 Å². The van der Waals surface area contributed by atoms with Crippen LogP contribution in [0.4, 0.5) is 0 Å². The van der Waals surface area contributed by atoms with E-state index in [1.165, 1.54) is 29.5 Å². The van der Waals surface area contributed by atoms with Gasteiger partial charge in [-0.1, -0.05) is 63.1 Å². The molecule has 0 radical (unpaired) electrons. The van der Waals surface area contributed by atoms with Crippen molar-refractivity contribution in [1.29, 1.82) is 0 Å². The molecule has 1 N–H and O–H groups in total. The van der Waals surface area contributed by atoms with Crippen molar-refractivity contribution in [3.63, 3.8) is 0 Å². The first kappa shape index (κ1) is 23.6. The summed E-state index contributed by atoms with van der Waals surface area (Å²) in [6.07, 6.45) is 8.36. The van der Waals surface area contributed by atoms with E-state index in [1.807, 2.05) is 6.07 Å². The molecule has 5 rings (SSSR count). The molecule has 0 aliphatic heterocycles. The van der Waals surface area contributed by atoms with E-state index in [0.717, 1.165) is 44.3 Å². The van der Waals surface area contributed by atoms with Crippen LogP contribution in [0.25, 0.3) is 0 Å². The lowest BCUT2D eigenvalue weighted by Gasteiger charge is -2.53. The number of ether oxygens (including phenoxy) is 1. The topological polar surface area (TPSA) is 46.5 Å². The number of unbranched alkanes of at least 4 members (excludes halogenated alkanes) is 2. The van der Waals surface area contributed by atoms with Crippen LogP contribution in [-0.2, 0) is 17.8 Å². The van der Waals surface area contributed by atoms with Gasteiger partial charge in [0.15, 0.2) is 0 Å². The Kier molecular flexibility index (Phi) is 6.84. The molecule has 0 unspecified atom stereocenters. The minimum absolute atomic E-state index is 0.125. The van der Waals surface area contributed by atoms with E-state index in [2.05, 4.69) is 56.3 Å². The maximum atomic E-state index is 13.1. The lowest BCUT2D eigenvalue weighted by molar-refractivity contribution is -0.130. The Morgan fingerprint density at radius 1 is 1.06 bits per heavy atom. The zero-order chi connectivity index (χ0) is 23.7. The summed E-state index contributed by atoms with van der Waals surface area (Å²) in [5, 5.41) is 9.25. The smallest absolute Gasteiger partial charge is 0.139 e. The minimum Gasteiger partial charge on any atom is -0.489 e. The number of carbonyl (C=O) groups excluding carboxylic acids is 1. The first-order valence-electron chi connectivity index (χ1n) is 13.4. The van der Waals surface area contributed by atoms with Gasteiger partial charge in [-0.05, 0) is 90.5 Å². The third-order valence-corrected chi connectivity index (χ3v) is 9.37. The van der Waals surface area contributed by atoms with Crippen LogP contribution in [-0.4, -0.2) is 17.5 Å². The van der Waals surface area contributed by atoms with Crippen molar-refractivity contribution in [2.45, 2.75) is 77.7 Å². The second-order valence-corrected chi connectivity index (χ2v) is 11.4. The first-order valence-corrected chi connectivity index (χ1v) is 13.4. The number of fused-ring (bicyclic) bond motifs is 5. The lowest BCUT2D eigenvalue weighted by Crippen LogP contribution is -2.47. The summed E-state index contributed by atoms with van der Waals surface area (Å²) in [5.41, 5.74) is 4.03. The predicted octanol–water partition coefficient (Wildman–Crippen LogP) is 6.72. The van der Waals surface area contributed by atoms with Crippen LogP contribution in [0.1, 0.15) is 81.4 Å². The van der Waals surface area contributed by atoms with Gasteiger partial charge in [-0.15, -0.1) is 0 Å². The van der Waals surface area contributed by atoms with E-state index in [9.17, 15) is 9.90 Å². The van der Waals surface area contributed by atoms with E-state index in [4.69, 9.17) is 4.74 Å². The Morgan fingerprint density at radius 2 is 1.88 bits per heavy atom. The number of aliphatic hydroxyl groups excluding tert-OH is 1. The average molecular weight is 461 g/mol. The fraction of sp³-hybridized carbons (Fsp3) is 0.581. The highest BCUT2D eigenvalue weighted by molar-refractivity contribution is 5.87. The van der Waals surface area contributed by atoms with Crippen LogP contribution < -0.4 is 4.74 Å². The molecular formula is C31H40O3. The van der Waals surface area contributed by atoms with Gasteiger partial charge in [-0.3, -0.25) is 4.79 Å². The van der Waals surface area contributed by atoms with Crippen LogP contribution in [0.15, 0.2) is 48.5 Å². The van der Waals surface area contributed by atoms with Crippen LogP contribution >= 0.6 is 0 Å². The van der Waals surface area contributed by atoms with Crippen LogP contribution in [0.2, 0.25) is 0 Å². The normalized spacial score (nSPS) is 32.1. The van der Waals surface area contributed by atoms with Crippen molar-refractivity contribution >= 4 is 5.78 Å². The minimum atomic E-state index is -0.125. The maximum Gasteiger partial charge on any atom is 0.139 e. The van der Waals surface area contributed by atoms with E-state index >= 15 is 0 Å². The number of hydrogen-bond donors (Lipinski definition) is 1. The molecule has 2 aromatic carbocycles. The molecule has 3 aliphatic carbocycles. The number of hydrogen-bond acceptors (Lipinski definition) is 3. The summed E-state index contributed by atoms with van der Waals surface area (Å²) in [6.45, 7) is 5.48. The fourth-order valence-electron chi connectivity index (χ4n) is 7.82. The molecule has 0 saturated heterocycles. The Labute approximate surface area is 204 Å². The van der Waals surface area contributed by atoms with E-state index in [-0.39, 0.29) is 12.0 Å². The molecule has 34 heavy (non-hydrogen) atoms. The van der Waals surface area contributed by atoms with Crippen LogP contribution in [0, 0.1) is 29.1 Å². The Hall–Kier alpha value is -2.13. The molecule has 2 saturated carbocycles. The van der Waals surface area contributed by atoms with Gasteiger partial charge in [0.1, 0.15) is 18.1 Å². The summed E-state index contributed by atoms with van der Waals surface area (Å²) in [4.78, 5) is 13.1. The maximum absolute atomic E-state index is 13.1. The van der Waals surface area contributed by atoms with Gasteiger partial charge in [-0.25, -0.2) is 0 Å². The van der Waals surface area contributed by atoms with Gasteiger partial charge in [-0.2, -0.15) is 0 Å². The predicted molar refractivity (Wildman–Crippen MR) is 136 cm³/mol. The van der Waals surface area contributed by atoms with Gasteiger partial charge in [0.2, 0.25) is 0 Å². The van der Waals surface area contributed by atoms with Crippen molar-refractivity contribution in [1.82, 2.24) is 0 Å². The van der Waals surface area contributed by atoms with E-state index < -0.39 is 0 Å². The lowest BCUT2D eigenvalue weighted by atomic mass is 9.51. The number of Topliss-reactive ketones (excluding diaryl/α,β-unsaturated/α-hetero) is 1. The van der Waals surface area contributed by atoms with Crippen molar-refractivity contribution in [2.75, 3.05) is 6.61 Å². The molecule has 2 fully saturated rings. The zero-order valence-corrected chi connectivity index (χ0v) is 20.8. The molecule has 0 aromatic heterocycles. The molecule has 3 nitrogen and oxygen atoms in total. The Balaban J connectivity index is 1.41. The van der Waals surface area contributed by atoms with Gasteiger partial charge in [0.05, 0.1) is 0 Å². The largest absolute Gasteiger partial charge is 0.489 e. The Morgan fingerprint density at radius 3 is 2.68 bits per heavy atom. The first-order chi connectivity index (χ1) is 16.5. The molecule has 182 valence electrons.